The SMILES string of the molecule is O=C(O)c1cc(CO)cs1. The van der Waals surface area contributed by atoms with Crippen molar-refractivity contribution in [3.8, 4) is 0 Å². The normalized spacial score (nSPS) is 9.70. The monoisotopic (exact) mass is 158 g/mol. The summed E-state index contributed by atoms with van der Waals surface area (Å²) in [5.41, 5.74) is 0.655. The van der Waals surface area contributed by atoms with E-state index < -0.39 is 5.97 Å². The highest BCUT2D eigenvalue weighted by molar-refractivity contribution is 7.12. The fourth-order valence-electron chi connectivity index (χ4n) is 0.571. The summed E-state index contributed by atoms with van der Waals surface area (Å²) in [7, 11) is 0. The molecular formula is C6H6O3S. The molecule has 4 heteroatoms. The fourth-order valence-corrected chi connectivity index (χ4v) is 1.31. The maximum atomic E-state index is 10.3. The third kappa shape index (κ3) is 1.34. The number of thiophene rings is 1. The molecule has 1 aromatic rings. The van der Waals surface area contributed by atoms with Crippen molar-refractivity contribution in [2.24, 2.45) is 0 Å². The maximum Gasteiger partial charge on any atom is 0.345 e. The molecule has 0 saturated carbocycles. The van der Waals surface area contributed by atoms with Gasteiger partial charge in [-0.2, -0.15) is 0 Å². The highest BCUT2D eigenvalue weighted by Crippen LogP contribution is 2.13. The van der Waals surface area contributed by atoms with Crippen LogP contribution in [0.1, 0.15) is 15.2 Å². The lowest BCUT2D eigenvalue weighted by molar-refractivity contribution is 0.0702. The van der Waals surface area contributed by atoms with Crippen LogP contribution in [0.4, 0.5) is 0 Å². The van der Waals surface area contributed by atoms with Crippen molar-refractivity contribution < 1.29 is 15.0 Å². The second kappa shape index (κ2) is 2.81. The van der Waals surface area contributed by atoms with Crippen molar-refractivity contribution in [2.45, 2.75) is 6.61 Å². The highest BCUT2D eigenvalue weighted by atomic mass is 32.1. The van der Waals surface area contributed by atoms with Crippen LogP contribution >= 0.6 is 11.3 Å². The van der Waals surface area contributed by atoms with E-state index in [1.54, 1.807) is 5.38 Å². The smallest absolute Gasteiger partial charge is 0.345 e. The van der Waals surface area contributed by atoms with Gasteiger partial charge in [-0.1, -0.05) is 0 Å². The standard InChI is InChI=1S/C6H6O3S/c7-2-4-1-5(6(8)9)10-3-4/h1,3,7H,2H2,(H,8,9). The quantitative estimate of drug-likeness (QED) is 0.673. The molecule has 10 heavy (non-hydrogen) atoms. The summed E-state index contributed by atoms with van der Waals surface area (Å²) in [4.78, 5) is 10.5. The number of aliphatic hydroxyl groups excluding tert-OH is 1. The number of rotatable bonds is 2. The molecule has 0 fully saturated rings. The second-order valence-electron chi connectivity index (χ2n) is 1.78. The number of hydrogen-bond acceptors (Lipinski definition) is 3. The molecule has 1 rings (SSSR count). The van der Waals surface area contributed by atoms with Crippen molar-refractivity contribution in [2.75, 3.05) is 0 Å². The Kier molecular flexibility index (Phi) is 2.03. The zero-order chi connectivity index (χ0) is 7.56. The Balaban J connectivity index is 2.88. The molecule has 0 aliphatic heterocycles. The van der Waals surface area contributed by atoms with Gasteiger partial charge in [0, 0.05) is 0 Å². The van der Waals surface area contributed by atoms with Gasteiger partial charge in [-0.05, 0) is 17.0 Å². The molecule has 54 valence electrons. The number of aliphatic hydroxyl groups is 1. The van der Waals surface area contributed by atoms with Crippen LogP contribution in [-0.4, -0.2) is 16.2 Å². The van der Waals surface area contributed by atoms with Crippen LogP contribution in [0.25, 0.3) is 0 Å². The minimum absolute atomic E-state index is 0.0935. The summed E-state index contributed by atoms with van der Waals surface area (Å²) >= 11 is 1.12. The van der Waals surface area contributed by atoms with Gasteiger partial charge in [0.2, 0.25) is 0 Å². The van der Waals surface area contributed by atoms with Crippen LogP contribution < -0.4 is 0 Å². The molecule has 0 aromatic carbocycles. The van der Waals surface area contributed by atoms with E-state index in [1.165, 1.54) is 6.07 Å². The Morgan fingerprint density at radius 2 is 2.40 bits per heavy atom. The average Bonchev–Trinajstić information content (AvgIpc) is 2.34. The number of hydrogen-bond donors (Lipinski definition) is 2. The first-order valence-electron chi connectivity index (χ1n) is 2.65. The van der Waals surface area contributed by atoms with Gasteiger partial charge in [-0.15, -0.1) is 11.3 Å². The molecule has 0 bridgehead atoms. The Morgan fingerprint density at radius 3 is 2.70 bits per heavy atom. The van der Waals surface area contributed by atoms with Crippen LogP contribution in [0.5, 0.6) is 0 Å². The maximum absolute atomic E-state index is 10.3. The highest BCUT2D eigenvalue weighted by Gasteiger charge is 2.04. The largest absolute Gasteiger partial charge is 0.477 e. The molecule has 2 N–H and O–H groups in total. The first-order chi connectivity index (χ1) is 4.74. The van der Waals surface area contributed by atoms with Crippen LogP contribution in [0.2, 0.25) is 0 Å². The van der Waals surface area contributed by atoms with Crippen molar-refractivity contribution in [3.63, 3.8) is 0 Å². The van der Waals surface area contributed by atoms with E-state index in [2.05, 4.69) is 0 Å². The fraction of sp³-hybridized carbons (Fsp3) is 0.167. The number of aromatic carboxylic acids is 1. The van der Waals surface area contributed by atoms with Gasteiger partial charge in [0.1, 0.15) is 4.88 Å². The van der Waals surface area contributed by atoms with Gasteiger partial charge in [-0.25, -0.2) is 4.79 Å². The number of carboxylic acid groups (broad SMARTS) is 1. The third-order valence-corrected chi connectivity index (χ3v) is 2.01. The average molecular weight is 158 g/mol. The molecule has 3 nitrogen and oxygen atoms in total. The molecule has 1 heterocycles. The van der Waals surface area contributed by atoms with Crippen molar-refractivity contribution in [1.82, 2.24) is 0 Å². The minimum Gasteiger partial charge on any atom is -0.477 e. The van der Waals surface area contributed by atoms with Crippen molar-refractivity contribution >= 4 is 17.3 Å². The zero-order valence-electron chi connectivity index (χ0n) is 5.07. The molecule has 0 spiro atoms. The topological polar surface area (TPSA) is 57.5 Å². The van der Waals surface area contributed by atoms with Gasteiger partial charge in [0.25, 0.3) is 0 Å². The predicted molar refractivity (Wildman–Crippen MR) is 37.2 cm³/mol. The second-order valence-corrected chi connectivity index (χ2v) is 2.69. The van der Waals surface area contributed by atoms with Gasteiger partial charge in [-0.3, -0.25) is 0 Å². The summed E-state index contributed by atoms with van der Waals surface area (Å²) in [5, 5.41) is 18.6. The van der Waals surface area contributed by atoms with Crippen LogP contribution in [0.3, 0.4) is 0 Å². The Bertz CT molecular complexity index is 241. The van der Waals surface area contributed by atoms with Gasteiger partial charge in [0.05, 0.1) is 6.61 Å². The van der Waals surface area contributed by atoms with E-state index in [1.807, 2.05) is 0 Å². The van der Waals surface area contributed by atoms with Crippen molar-refractivity contribution in [3.05, 3.63) is 21.9 Å². The van der Waals surface area contributed by atoms with Crippen LogP contribution in [0, 0.1) is 0 Å². The zero-order valence-corrected chi connectivity index (χ0v) is 5.89. The molecule has 0 aliphatic carbocycles. The van der Waals surface area contributed by atoms with Gasteiger partial charge < -0.3 is 10.2 Å². The summed E-state index contributed by atoms with van der Waals surface area (Å²) in [6, 6.07) is 1.47. The summed E-state index contributed by atoms with van der Waals surface area (Å²) in [6.45, 7) is -0.0935. The van der Waals surface area contributed by atoms with E-state index in [9.17, 15) is 4.79 Å². The van der Waals surface area contributed by atoms with E-state index in [4.69, 9.17) is 10.2 Å². The number of carbonyl (C=O) groups is 1. The first kappa shape index (κ1) is 7.24. The summed E-state index contributed by atoms with van der Waals surface area (Å²) < 4.78 is 0. The minimum atomic E-state index is -0.940. The molecular weight excluding hydrogens is 152 g/mol. The van der Waals surface area contributed by atoms with Gasteiger partial charge in [0.15, 0.2) is 0 Å². The van der Waals surface area contributed by atoms with Crippen molar-refractivity contribution in [1.29, 1.82) is 0 Å². The lowest BCUT2D eigenvalue weighted by atomic mass is 10.3. The number of carboxylic acids is 1. The predicted octanol–water partition coefficient (Wildman–Crippen LogP) is 0.939. The summed E-state index contributed by atoms with van der Waals surface area (Å²) in [5.74, 6) is -0.940. The molecule has 0 atom stereocenters. The Labute approximate surface area is 61.6 Å². The first-order valence-corrected chi connectivity index (χ1v) is 3.53. The molecule has 0 aliphatic rings. The lowest BCUT2D eigenvalue weighted by Gasteiger charge is -1.82. The molecule has 0 radical (unpaired) electrons. The molecule has 0 unspecified atom stereocenters. The van der Waals surface area contributed by atoms with Crippen LogP contribution in [0.15, 0.2) is 11.4 Å². The third-order valence-electron chi connectivity index (χ3n) is 1.05. The van der Waals surface area contributed by atoms with E-state index >= 15 is 0 Å². The molecule has 0 saturated heterocycles. The molecule has 1 aromatic heterocycles. The van der Waals surface area contributed by atoms with E-state index in [0.717, 1.165) is 11.3 Å². The lowest BCUT2D eigenvalue weighted by Crippen LogP contribution is -1.90. The molecule has 0 amide bonds. The Hall–Kier alpha value is -0.870. The summed E-state index contributed by atoms with van der Waals surface area (Å²) in [6.07, 6.45) is 0. The van der Waals surface area contributed by atoms with E-state index in [0.29, 0.717) is 5.56 Å². The van der Waals surface area contributed by atoms with Crippen LogP contribution in [-0.2, 0) is 6.61 Å². The van der Waals surface area contributed by atoms with Gasteiger partial charge >= 0.3 is 5.97 Å². The Morgan fingerprint density at radius 1 is 1.70 bits per heavy atom. The van der Waals surface area contributed by atoms with E-state index in [-0.39, 0.29) is 11.5 Å².